The number of rotatable bonds is 7. The predicted octanol–water partition coefficient (Wildman–Crippen LogP) is 3.75. The minimum atomic E-state index is -0.257. The lowest BCUT2D eigenvalue weighted by Gasteiger charge is -2.10. The highest BCUT2D eigenvalue weighted by Gasteiger charge is 2.06. The number of nitrogens with one attached hydrogen (secondary N) is 2. The highest BCUT2D eigenvalue weighted by Crippen LogP contribution is 2.16. The molecule has 126 valence electrons. The zero-order chi connectivity index (χ0) is 17.4. The number of ether oxygens (including phenoxy) is 1. The number of hydrogen-bond acceptors (Lipinski definition) is 3. The molecule has 0 unspecified atom stereocenters. The summed E-state index contributed by atoms with van der Waals surface area (Å²) >= 11 is 0. The van der Waals surface area contributed by atoms with E-state index in [2.05, 4.69) is 10.6 Å². The Bertz CT molecular complexity index is 696. The summed E-state index contributed by atoms with van der Waals surface area (Å²) in [6.07, 6.45) is 1.26. The molecule has 0 saturated carbocycles. The van der Waals surface area contributed by atoms with Gasteiger partial charge in [0.25, 0.3) is 5.91 Å². The number of amides is 2. The third kappa shape index (κ3) is 5.76. The van der Waals surface area contributed by atoms with Crippen LogP contribution >= 0.6 is 0 Å². The van der Waals surface area contributed by atoms with E-state index < -0.39 is 0 Å². The maximum Gasteiger partial charge on any atom is 0.262 e. The van der Waals surface area contributed by atoms with Crippen molar-refractivity contribution in [1.82, 2.24) is 0 Å². The van der Waals surface area contributed by atoms with Crippen LogP contribution in [0.15, 0.2) is 48.5 Å². The van der Waals surface area contributed by atoms with E-state index in [-0.39, 0.29) is 18.4 Å². The van der Waals surface area contributed by atoms with Gasteiger partial charge >= 0.3 is 0 Å². The summed E-state index contributed by atoms with van der Waals surface area (Å²) in [5.74, 6) is 0.354. The minimum Gasteiger partial charge on any atom is -0.484 e. The van der Waals surface area contributed by atoms with Gasteiger partial charge in [-0.25, -0.2) is 0 Å². The Kier molecular flexibility index (Phi) is 6.37. The van der Waals surface area contributed by atoms with Crippen LogP contribution in [-0.4, -0.2) is 18.4 Å². The Morgan fingerprint density at radius 2 is 1.58 bits per heavy atom. The quantitative estimate of drug-likeness (QED) is 0.814. The molecule has 2 aromatic carbocycles. The standard InChI is InChI=1S/C19H22N2O3/c1-3-5-18(22)20-15-6-4-7-16(12-15)21-19(23)13-24-17-10-8-14(2)9-11-17/h4,6-12H,3,5,13H2,1-2H3,(H,20,22)(H,21,23). The van der Waals surface area contributed by atoms with E-state index in [1.54, 1.807) is 24.3 Å². The van der Waals surface area contributed by atoms with Gasteiger partial charge in [0, 0.05) is 17.8 Å². The van der Waals surface area contributed by atoms with Crippen LogP contribution in [0.2, 0.25) is 0 Å². The predicted molar refractivity (Wildman–Crippen MR) is 95.3 cm³/mol. The molecule has 2 rings (SSSR count). The summed E-state index contributed by atoms with van der Waals surface area (Å²) in [6.45, 7) is 3.86. The largest absolute Gasteiger partial charge is 0.484 e. The van der Waals surface area contributed by atoms with Crippen molar-refractivity contribution in [3.63, 3.8) is 0 Å². The third-order valence-electron chi connectivity index (χ3n) is 3.30. The van der Waals surface area contributed by atoms with Crippen molar-refractivity contribution in [3.8, 4) is 5.75 Å². The van der Waals surface area contributed by atoms with E-state index in [9.17, 15) is 9.59 Å². The van der Waals surface area contributed by atoms with Gasteiger partial charge in [-0.05, 0) is 43.7 Å². The molecule has 0 aromatic heterocycles. The van der Waals surface area contributed by atoms with E-state index in [0.29, 0.717) is 23.5 Å². The normalized spacial score (nSPS) is 10.1. The molecule has 0 aliphatic carbocycles. The number of hydrogen-bond donors (Lipinski definition) is 2. The zero-order valence-corrected chi connectivity index (χ0v) is 14.0. The molecular formula is C19H22N2O3. The average Bonchev–Trinajstić information content (AvgIpc) is 2.55. The highest BCUT2D eigenvalue weighted by atomic mass is 16.5. The lowest BCUT2D eigenvalue weighted by atomic mass is 10.2. The van der Waals surface area contributed by atoms with Crippen molar-refractivity contribution < 1.29 is 14.3 Å². The van der Waals surface area contributed by atoms with Gasteiger partial charge in [0.1, 0.15) is 5.75 Å². The number of aryl methyl sites for hydroxylation is 1. The molecule has 2 aromatic rings. The first-order valence-corrected chi connectivity index (χ1v) is 7.96. The molecular weight excluding hydrogens is 304 g/mol. The topological polar surface area (TPSA) is 67.4 Å². The lowest BCUT2D eigenvalue weighted by Crippen LogP contribution is -2.20. The van der Waals surface area contributed by atoms with E-state index in [0.717, 1.165) is 12.0 Å². The molecule has 0 aliphatic heterocycles. The van der Waals surface area contributed by atoms with Gasteiger partial charge in [0.05, 0.1) is 0 Å². The van der Waals surface area contributed by atoms with E-state index in [1.165, 1.54) is 0 Å². The monoisotopic (exact) mass is 326 g/mol. The second-order valence-corrected chi connectivity index (χ2v) is 5.53. The first-order valence-electron chi connectivity index (χ1n) is 7.96. The smallest absolute Gasteiger partial charge is 0.262 e. The molecule has 0 fully saturated rings. The second kappa shape index (κ2) is 8.72. The van der Waals surface area contributed by atoms with Crippen LogP contribution in [0, 0.1) is 6.92 Å². The fourth-order valence-corrected chi connectivity index (χ4v) is 2.11. The summed E-state index contributed by atoms with van der Waals surface area (Å²) in [5.41, 5.74) is 2.40. The average molecular weight is 326 g/mol. The van der Waals surface area contributed by atoms with Gasteiger partial charge in [-0.15, -0.1) is 0 Å². The first-order chi connectivity index (χ1) is 11.6. The van der Waals surface area contributed by atoms with Crippen molar-refractivity contribution >= 4 is 23.2 Å². The minimum absolute atomic E-state index is 0.0383. The Morgan fingerprint density at radius 3 is 2.21 bits per heavy atom. The summed E-state index contributed by atoms with van der Waals surface area (Å²) in [5, 5.41) is 5.55. The lowest BCUT2D eigenvalue weighted by molar-refractivity contribution is -0.118. The molecule has 0 spiro atoms. The van der Waals surface area contributed by atoms with E-state index in [4.69, 9.17) is 4.74 Å². The van der Waals surface area contributed by atoms with Gasteiger partial charge in [-0.3, -0.25) is 9.59 Å². The SMILES string of the molecule is CCCC(=O)Nc1cccc(NC(=O)COc2ccc(C)cc2)c1. The van der Waals surface area contributed by atoms with Crippen LogP contribution in [-0.2, 0) is 9.59 Å². The molecule has 24 heavy (non-hydrogen) atoms. The summed E-state index contributed by atoms with van der Waals surface area (Å²) in [7, 11) is 0. The van der Waals surface area contributed by atoms with Crippen LogP contribution in [0.5, 0.6) is 5.75 Å². The Hall–Kier alpha value is -2.82. The van der Waals surface area contributed by atoms with Crippen molar-refractivity contribution in [3.05, 3.63) is 54.1 Å². The molecule has 2 N–H and O–H groups in total. The number of carbonyl (C=O) groups is 2. The van der Waals surface area contributed by atoms with E-state index in [1.807, 2.05) is 38.1 Å². The molecule has 5 heteroatoms. The van der Waals surface area contributed by atoms with Gasteiger partial charge in [0.15, 0.2) is 6.61 Å². The van der Waals surface area contributed by atoms with Crippen LogP contribution < -0.4 is 15.4 Å². The fourth-order valence-electron chi connectivity index (χ4n) is 2.11. The zero-order valence-electron chi connectivity index (χ0n) is 14.0. The van der Waals surface area contributed by atoms with Crippen LogP contribution in [0.3, 0.4) is 0 Å². The van der Waals surface area contributed by atoms with Crippen LogP contribution in [0.1, 0.15) is 25.3 Å². The Balaban J connectivity index is 1.87. The maximum absolute atomic E-state index is 12.0. The van der Waals surface area contributed by atoms with Gasteiger partial charge < -0.3 is 15.4 Å². The molecule has 0 aliphatic rings. The van der Waals surface area contributed by atoms with Crippen LogP contribution in [0.25, 0.3) is 0 Å². The van der Waals surface area contributed by atoms with Crippen molar-refractivity contribution in [2.45, 2.75) is 26.7 Å². The molecule has 0 atom stereocenters. The number of anilines is 2. The number of carbonyl (C=O) groups excluding carboxylic acids is 2. The molecule has 2 amide bonds. The molecule has 5 nitrogen and oxygen atoms in total. The Labute approximate surface area is 142 Å². The summed E-state index contributed by atoms with van der Waals surface area (Å²) in [4.78, 5) is 23.6. The molecule has 0 bridgehead atoms. The van der Waals surface area contributed by atoms with Gasteiger partial charge in [-0.2, -0.15) is 0 Å². The summed E-state index contributed by atoms with van der Waals surface area (Å²) < 4.78 is 5.44. The van der Waals surface area contributed by atoms with Crippen LogP contribution in [0.4, 0.5) is 11.4 Å². The third-order valence-corrected chi connectivity index (χ3v) is 3.30. The second-order valence-electron chi connectivity index (χ2n) is 5.53. The van der Waals surface area contributed by atoms with Gasteiger partial charge in [-0.1, -0.05) is 30.7 Å². The van der Waals surface area contributed by atoms with Crippen molar-refractivity contribution in [2.24, 2.45) is 0 Å². The highest BCUT2D eigenvalue weighted by molar-refractivity contribution is 5.94. The Morgan fingerprint density at radius 1 is 0.958 bits per heavy atom. The molecule has 0 heterocycles. The van der Waals surface area contributed by atoms with Crippen molar-refractivity contribution in [1.29, 1.82) is 0 Å². The van der Waals surface area contributed by atoms with E-state index >= 15 is 0 Å². The molecule has 0 radical (unpaired) electrons. The number of benzene rings is 2. The first kappa shape index (κ1) is 17.5. The maximum atomic E-state index is 12.0. The molecule has 0 saturated heterocycles. The fraction of sp³-hybridized carbons (Fsp3) is 0.263. The van der Waals surface area contributed by atoms with Gasteiger partial charge in [0.2, 0.25) is 5.91 Å². The van der Waals surface area contributed by atoms with Crippen molar-refractivity contribution in [2.75, 3.05) is 17.2 Å². The summed E-state index contributed by atoms with van der Waals surface area (Å²) in [6, 6.07) is 14.5.